The molecule has 1 aromatic heterocycles. The first kappa shape index (κ1) is 18.5. The first-order valence-corrected chi connectivity index (χ1v) is 11.2. The molecule has 0 saturated heterocycles. The Morgan fingerprint density at radius 3 is 2.78 bits per heavy atom. The van der Waals surface area contributed by atoms with E-state index < -0.39 is 0 Å². The molecule has 27 heavy (non-hydrogen) atoms. The predicted octanol–water partition coefficient (Wildman–Crippen LogP) is 6.51. The second-order valence-corrected chi connectivity index (χ2v) is 8.83. The molecule has 2 nitrogen and oxygen atoms in total. The van der Waals surface area contributed by atoms with Crippen LogP contribution in [0.25, 0.3) is 10.1 Å². The summed E-state index contributed by atoms with van der Waals surface area (Å²) in [5.41, 5.74) is 4.87. The fraction of sp³-hybridized carbons (Fsp3) is 0.458. The quantitative estimate of drug-likeness (QED) is 0.579. The number of carbonyl (C=O) groups excluding carboxylic acids is 1. The van der Waals surface area contributed by atoms with Crippen molar-refractivity contribution in [3.63, 3.8) is 0 Å². The summed E-state index contributed by atoms with van der Waals surface area (Å²) in [4.78, 5) is 15.8. The molecule has 2 saturated carbocycles. The number of benzene rings is 1. The van der Waals surface area contributed by atoms with Crippen molar-refractivity contribution in [2.75, 3.05) is 0 Å². The average molecular weight is 380 g/mol. The number of rotatable bonds is 5. The lowest BCUT2D eigenvalue weighted by Gasteiger charge is -2.36. The molecule has 2 aliphatic carbocycles. The molecule has 1 amide bonds. The molecule has 1 atom stereocenters. The monoisotopic (exact) mass is 379 g/mol. The zero-order valence-corrected chi connectivity index (χ0v) is 17.3. The number of hydrogen-bond donors (Lipinski definition) is 0. The van der Waals surface area contributed by atoms with Crippen LogP contribution in [0, 0.1) is 0 Å². The van der Waals surface area contributed by atoms with Crippen molar-refractivity contribution >= 4 is 27.3 Å². The molecule has 0 spiro atoms. The first-order chi connectivity index (χ1) is 13.1. The third-order valence-electron chi connectivity index (χ3n) is 5.99. The minimum absolute atomic E-state index is 0.237. The van der Waals surface area contributed by atoms with E-state index in [1.165, 1.54) is 21.4 Å². The van der Waals surface area contributed by atoms with Crippen molar-refractivity contribution in [1.29, 1.82) is 0 Å². The summed E-state index contributed by atoms with van der Waals surface area (Å²) in [6, 6.07) is 7.30. The molecule has 1 aromatic carbocycles. The highest BCUT2D eigenvalue weighted by Gasteiger charge is 2.39. The number of nitrogens with zero attached hydrogens (tertiary/aromatic N) is 1. The first-order valence-electron chi connectivity index (χ1n) is 10.3. The topological polar surface area (TPSA) is 20.3 Å². The van der Waals surface area contributed by atoms with Gasteiger partial charge in [0, 0.05) is 27.5 Å². The number of carbonyl (C=O) groups is 1. The Morgan fingerprint density at radius 1 is 1.26 bits per heavy atom. The number of fused-ring (bicyclic) bond motifs is 1. The summed E-state index contributed by atoms with van der Waals surface area (Å²) in [5, 5.41) is 3.20. The Balaban J connectivity index is 1.64. The standard InChI is InChI=1S/C24H29NOS/c1-4-6-18-14-20(9-7-16(18)3)25(19-10-11-19)24(26)22-15-27-23-13-17(5-2)8-12-21(22)23/h6,8,12-13,15,19-20H,3-5,7,9-11,14H2,1-2H3/b18-6-. The van der Waals surface area contributed by atoms with E-state index >= 15 is 0 Å². The number of allylic oxidation sites excluding steroid dienone is 2. The molecule has 3 heteroatoms. The molecular weight excluding hydrogens is 350 g/mol. The van der Waals surface area contributed by atoms with E-state index in [2.05, 4.69) is 55.0 Å². The van der Waals surface area contributed by atoms with Crippen LogP contribution in [-0.2, 0) is 6.42 Å². The second kappa shape index (κ2) is 7.63. The Bertz CT molecular complexity index is 902. The maximum atomic E-state index is 13.6. The zero-order valence-electron chi connectivity index (χ0n) is 16.5. The van der Waals surface area contributed by atoms with Crippen LogP contribution in [0.4, 0.5) is 0 Å². The van der Waals surface area contributed by atoms with Crippen LogP contribution in [0.15, 0.2) is 47.4 Å². The molecule has 0 radical (unpaired) electrons. The minimum Gasteiger partial charge on any atom is -0.332 e. The van der Waals surface area contributed by atoms with Gasteiger partial charge in [-0.1, -0.05) is 44.2 Å². The third-order valence-corrected chi connectivity index (χ3v) is 6.93. The number of thiophene rings is 1. The van der Waals surface area contributed by atoms with Crippen molar-refractivity contribution in [3.8, 4) is 0 Å². The lowest BCUT2D eigenvalue weighted by molar-refractivity contribution is 0.0645. The summed E-state index contributed by atoms with van der Waals surface area (Å²) in [6.45, 7) is 8.60. The van der Waals surface area contributed by atoms with Crippen LogP contribution >= 0.6 is 11.3 Å². The van der Waals surface area contributed by atoms with Crippen LogP contribution in [0.1, 0.15) is 68.3 Å². The molecule has 1 heterocycles. The summed E-state index contributed by atoms with van der Waals surface area (Å²) in [6.07, 6.45) is 9.70. The van der Waals surface area contributed by atoms with Crippen LogP contribution in [0.5, 0.6) is 0 Å². The third kappa shape index (κ3) is 3.62. The molecule has 0 N–H and O–H groups in total. The summed E-state index contributed by atoms with van der Waals surface area (Å²) < 4.78 is 1.23. The van der Waals surface area contributed by atoms with Crippen molar-refractivity contribution in [2.24, 2.45) is 0 Å². The Labute approximate surface area is 166 Å². The molecular formula is C24H29NOS. The van der Waals surface area contributed by atoms with Gasteiger partial charge in [0.1, 0.15) is 0 Å². The Morgan fingerprint density at radius 2 is 2.07 bits per heavy atom. The maximum Gasteiger partial charge on any atom is 0.255 e. The number of aryl methyl sites for hydroxylation is 1. The lowest BCUT2D eigenvalue weighted by atomic mass is 9.85. The van der Waals surface area contributed by atoms with Gasteiger partial charge >= 0.3 is 0 Å². The molecule has 2 aliphatic rings. The van der Waals surface area contributed by atoms with E-state index in [1.807, 2.05) is 0 Å². The van der Waals surface area contributed by atoms with Gasteiger partial charge in [0.25, 0.3) is 5.91 Å². The van der Waals surface area contributed by atoms with Crippen LogP contribution in [0.2, 0.25) is 0 Å². The molecule has 142 valence electrons. The molecule has 2 aromatic rings. The Hall–Kier alpha value is -1.87. The smallest absolute Gasteiger partial charge is 0.255 e. The van der Waals surface area contributed by atoms with Crippen LogP contribution in [-0.4, -0.2) is 22.9 Å². The fourth-order valence-corrected chi connectivity index (χ4v) is 5.29. The molecule has 0 aliphatic heterocycles. The maximum absolute atomic E-state index is 13.6. The second-order valence-electron chi connectivity index (χ2n) is 7.91. The van der Waals surface area contributed by atoms with Crippen molar-refractivity contribution in [1.82, 2.24) is 4.90 Å². The summed E-state index contributed by atoms with van der Waals surface area (Å²) in [7, 11) is 0. The van der Waals surface area contributed by atoms with E-state index in [0.29, 0.717) is 12.1 Å². The van der Waals surface area contributed by atoms with Gasteiger partial charge in [-0.15, -0.1) is 11.3 Å². The summed E-state index contributed by atoms with van der Waals surface area (Å²) >= 11 is 1.70. The normalized spacial score (nSPS) is 21.8. The van der Waals surface area contributed by atoms with E-state index in [1.54, 1.807) is 11.3 Å². The number of hydrogen-bond acceptors (Lipinski definition) is 2. The molecule has 4 rings (SSSR count). The molecule has 2 fully saturated rings. The number of amides is 1. The highest BCUT2D eigenvalue weighted by atomic mass is 32.1. The van der Waals surface area contributed by atoms with Gasteiger partial charge in [0.2, 0.25) is 0 Å². The minimum atomic E-state index is 0.237. The van der Waals surface area contributed by atoms with Crippen molar-refractivity contribution < 1.29 is 4.79 Å². The van der Waals surface area contributed by atoms with Gasteiger partial charge in [-0.3, -0.25) is 4.79 Å². The molecule has 0 bridgehead atoms. The van der Waals surface area contributed by atoms with Crippen LogP contribution in [0.3, 0.4) is 0 Å². The van der Waals surface area contributed by atoms with Crippen LogP contribution < -0.4 is 0 Å². The van der Waals surface area contributed by atoms with E-state index in [9.17, 15) is 4.79 Å². The largest absolute Gasteiger partial charge is 0.332 e. The van der Waals surface area contributed by atoms with Gasteiger partial charge in [-0.25, -0.2) is 0 Å². The van der Waals surface area contributed by atoms with Gasteiger partial charge in [-0.05, 0) is 62.1 Å². The van der Waals surface area contributed by atoms with E-state index in [-0.39, 0.29) is 5.91 Å². The van der Waals surface area contributed by atoms with Gasteiger partial charge < -0.3 is 4.90 Å². The van der Waals surface area contributed by atoms with E-state index in [0.717, 1.165) is 55.9 Å². The zero-order chi connectivity index (χ0) is 19.0. The fourth-order valence-electron chi connectivity index (χ4n) is 4.29. The van der Waals surface area contributed by atoms with Crippen molar-refractivity contribution in [3.05, 3.63) is 58.5 Å². The highest BCUT2D eigenvalue weighted by Crippen LogP contribution is 2.39. The highest BCUT2D eigenvalue weighted by molar-refractivity contribution is 7.17. The summed E-state index contributed by atoms with van der Waals surface area (Å²) in [5.74, 6) is 0.237. The lowest BCUT2D eigenvalue weighted by Crippen LogP contribution is -2.43. The van der Waals surface area contributed by atoms with E-state index in [4.69, 9.17) is 0 Å². The predicted molar refractivity (Wildman–Crippen MR) is 116 cm³/mol. The van der Waals surface area contributed by atoms with Gasteiger partial charge in [0.05, 0.1) is 5.56 Å². The van der Waals surface area contributed by atoms with Crippen molar-refractivity contribution in [2.45, 2.75) is 70.9 Å². The van der Waals surface area contributed by atoms with Gasteiger partial charge in [-0.2, -0.15) is 0 Å². The SMILES string of the molecule is C=C1CCC(N(C(=O)c2csc3cc(CC)ccc23)C2CC2)C/C1=C/CC. The average Bonchev–Trinajstić information content (AvgIpc) is 3.41. The Kier molecular flexibility index (Phi) is 5.23. The van der Waals surface area contributed by atoms with Gasteiger partial charge in [0.15, 0.2) is 0 Å². The molecule has 1 unspecified atom stereocenters.